The number of benzene rings is 1. The summed E-state index contributed by atoms with van der Waals surface area (Å²) < 4.78 is 0. The number of anilines is 1. The lowest BCUT2D eigenvalue weighted by atomic mass is 10.1. The fourth-order valence-corrected chi connectivity index (χ4v) is 2.21. The highest BCUT2D eigenvalue weighted by Gasteiger charge is 2.11. The van der Waals surface area contributed by atoms with Gasteiger partial charge in [0.1, 0.15) is 0 Å². The van der Waals surface area contributed by atoms with Crippen LogP contribution in [0.2, 0.25) is 0 Å². The van der Waals surface area contributed by atoms with Gasteiger partial charge in [-0.25, -0.2) is 0 Å². The summed E-state index contributed by atoms with van der Waals surface area (Å²) in [5, 5.41) is 3.26. The molecule has 0 heterocycles. The van der Waals surface area contributed by atoms with E-state index in [1.54, 1.807) is 0 Å². The minimum Gasteiger partial charge on any atom is -0.372 e. The maximum absolute atomic E-state index is 3.26. The normalized spacial score (nSPS) is 12.8. The van der Waals surface area contributed by atoms with Gasteiger partial charge in [0.2, 0.25) is 0 Å². The molecule has 17 heavy (non-hydrogen) atoms. The molecule has 0 fully saturated rings. The standard InChI is InChI=1S/C15H26N2/c1-6-14(7-2)17(5)15-10-8-13(9-11-15)12(3)16-4/h8-12,14,16H,6-7H2,1-5H3. The molecule has 0 aromatic heterocycles. The van der Waals surface area contributed by atoms with E-state index in [1.807, 2.05) is 7.05 Å². The van der Waals surface area contributed by atoms with Gasteiger partial charge in [-0.1, -0.05) is 26.0 Å². The van der Waals surface area contributed by atoms with E-state index in [4.69, 9.17) is 0 Å². The Labute approximate surface area is 106 Å². The SMILES string of the molecule is CCC(CC)N(C)c1ccc(C(C)NC)cc1. The molecule has 1 atom stereocenters. The molecule has 0 saturated carbocycles. The minimum atomic E-state index is 0.419. The largest absolute Gasteiger partial charge is 0.372 e. The first-order valence-corrected chi connectivity index (χ1v) is 6.64. The third kappa shape index (κ3) is 3.47. The van der Waals surface area contributed by atoms with Crippen molar-refractivity contribution >= 4 is 5.69 Å². The van der Waals surface area contributed by atoms with Crippen LogP contribution < -0.4 is 10.2 Å². The lowest BCUT2D eigenvalue weighted by molar-refractivity contribution is 0.591. The Kier molecular flexibility index (Phi) is 5.49. The second kappa shape index (κ2) is 6.65. The summed E-state index contributed by atoms with van der Waals surface area (Å²) in [5.41, 5.74) is 2.65. The first-order valence-electron chi connectivity index (χ1n) is 6.64. The highest BCUT2D eigenvalue weighted by molar-refractivity contribution is 5.48. The van der Waals surface area contributed by atoms with Gasteiger partial charge < -0.3 is 10.2 Å². The smallest absolute Gasteiger partial charge is 0.0366 e. The van der Waals surface area contributed by atoms with Gasteiger partial charge in [-0.3, -0.25) is 0 Å². The Balaban J connectivity index is 2.79. The highest BCUT2D eigenvalue weighted by atomic mass is 15.1. The van der Waals surface area contributed by atoms with Crippen LogP contribution in [0, 0.1) is 0 Å². The van der Waals surface area contributed by atoms with Gasteiger partial charge in [0, 0.05) is 24.8 Å². The molecule has 2 heteroatoms. The third-order valence-corrected chi connectivity index (χ3v) is 3.72. The van der Waals surface area contributed by atoms with E-state index in [1.165, 1.54) is 24.1 Å². The Morgan fingerprint density at radius 3 is 2.06 bits per heavy atom. The summed E-state index contributed by atoms with van der Waals surface area (Å²) in [7, 11) is 4.18. The molecule has 0 bridgehead atoms. The van der Waals surface area contributed by atoms with E-state index in [9.17, 15) is 0 Å². The van der Waals surface area contributed by atoms with E-state index < -0.39 is 0 Å². The lowest BCUT2D eigenvalue weighted by Crippen LogP contribution is -2.30. The molecular formula is C15H26N2. The van der Waals surface area contributed by atoms with E-state index >= 15 is 0 Å². The Hall–Kier alpha value is -1.02. The third-order valence-electron chi connectivity index (χ3n) is 3.72. The fourth-order valence-electron chi connectivity index (χ4n) is 2.21. The monoisotopic (exact) mass is 234 g/mol. The van der Waals surface area contributed by atoms with Crippen LogP contribution in [0.25, 0.3) is 0 Å². The maximum atomic E-state index is 3.26. The topological polar surface area (TPSA) is 15.3 Å². The van der Waals surface area contributed by atoms with Crippen LogP contribution >= 0.6 is 0 Å². The quantitative estimate of drug-likeness (QED) is 0.809. The van der Waals surface area contributed by atoms with Crippen molar-refractivity contribution in [3.63, 3.8) is 0 Å². The van der Waals surface area contributed by atoms with Crippen LogP contribution in [-0.2, 0) is 0 Å². The van der Waals surface area contributed by atoms with Crippen LogP contribution in [0.5, 0.6) is 0 Å². The Bertz CT molecular complexity index is 314. The summed E-state index contributed by atoms with van der Waals surface area (Å²) in [6.07, 6.45) is 2.39. The van der Waals surface area contributed by atoms with E-state index in [0.29, 0.717) is 12.1 Å². The average Bonchev–Trinajstić information content (AvgIpc) is 2.39. The average molecular weight is 234 g/mol. The van der Waals surface area contributed by atoms with Crippen LogP contribution in [0.4, 0.5) is 5.69 Å². The van der Waals surface area contributed by atoms with Crippen molar-refractivity contribution in [1.29, 1.82) is 0 Å². The molecule has 0 radical (unpaired) electrons. The molecule has 0 spiro atoms. The molecule has 1 unspecified atom stereocenters. The van der Waals surface area contributed by atoms with Crippen molar-refractivity contribution in [3.8, 4) is 0 Å². The zero-order valence-electron chi connectivity index (χ0n) is 11.8. The first kappa shape index (κ1) is 14.0. The number of hydrogen-bond acceptors (Lipinski definition) is 2. The molecule has 0 aliphatic carbocycles. The molecule has 0 aliphatic heterocycles. The van der Waals surface area contributed by atoms with Gasteiger partial charge in [0.25, 0.3) is 0 Å². The summed E-state index contributed by atoms with van der Waals surface area (Å²) in [4.78, 5) is 2.38. The van der Waals surface area contributed by atoms with Crippen molar-refractivity contribution in [2.75, 3.05) is 19.0 Å². The number of nitrogens with one attached hydrogen (secondary N) is 1. The van der Waals surface area contributed by atoms with E-state index in [-0.39, 0.29) is 0 Å². The van der Waals surface area contributed by atoms with Crippen LogP contribution in [0.15, 0.2) is 24.3 Å². The molecular weight excluding hydrogens is 208 g/mol. The summed E-state index contributed by atoms with van der Waals surface area (Å²) >= 11 is 0. The van der Waals surface area contributed by atoms with Crippen LogP contribution in [0.1, 0.15) is 45.2 Å². The summed E-state index contributed by atoms with van der Waals surface area (Å²) in [6, 6.07) is 9.94. The van der Waals surface area contributed by atoms with Crippen molar-refractivity contribution in [2.45, 2.75) is 45.7 Å². The van der Waals surface area contributed by atoms with Gasteiger partial charge in [0.05, 0.1) is 0 Å². The van der Waals surface area contributed by atoms with Crippen molar-refractivity contribution in [1.82, 2.24) is 5.32 Å². The van der Waals surface area contributed by atoms with Crippen LogP contribution in [0.3, 0.4) is 0 Å². The second-order valence-electron chi connectivity index (χ2n) is 4.68. The van der Waals surface area contributed by atoms with Gasteiger partial charge in [-0.05, 0) is 44.5 Å². The van der Waals surface area contributed by atoms with Gasteiger partial charge in [-0.2, -0.15) is 0 Å². The summed E-state index contributed by atoms with van der Waals surface area (Å²) in [5.74, 6) is 0. The van der Waals surface area contributed by atoms with Crippen LogP contribution in [-0.4, -0.2) is 20.1 Å². The van der Waals surface area contributed by atoms with Gasteiger partial charge in [-0.15, -0.1) is 0 Å². The van der Waals surface area contributed by atoms with E-state index in [0.717, 1.165) is 0 Å². The molecule has 0 aliphatic rings. The number of rotatable bonds is 6. The van der Waals surface area contributed by atoms with E-state index in [2.05, 4.69) is 62.3 Å². The zero-order chi connectivity index (χ0) is 12.8. The minimum absolute atomic E-state index is 0.419. The molecule has 1 aromatic carbocycles. The zero-order valence-corrected chi connectivity index (χ0v) is 11.8. The molecule has 1 rings (SSSR count). The highest BCUT2D eigenvalue weighted by Crippen LogP contribution is 2.21. The maximum Gasteiger partial charge on any atom is 0.0366 e. The second-order valence-corrected chi connectivity index (χ2v) is 4.68. The predicted molar refractivity (Wildman–Crippen MR) is 76.7 cm³/mol. The fraction of sp³-hybridized carbons (Fsp3) is 0.600. The Morgan fingerprint density at radius 1 is 1.12 bits per heavy atom. The van der Waals surface area contributed by atoms with Crippen molar-refractivity contribution in [3.05, 3.63) is 29.8 Å². The number of hydrogen-bond donors (Lipinski definition) is 1. The Morgan fingerprint density at radius 2 is 1.65 bits per heavy atom. The number of nitrogens with zero attached hydrogens (tertiary/aromatic N) is 1. The van der Waals surface area contributed by atoms with Gasteiger partial charge in [0.15, 0.2) is 0 Å². The summed E-state index contributed by atoms with van der Waals surface area (Å²) in [6.45, 7) is 6.68. The molecule has 0 amide bonds. The van der Waals surface area contributed by atoms with Crippen molar-refractivity contribution < 1.29 is 0 Å². The lowest BCUT2D eigenvalue weighted by Gasteiger charge is -2.28. The van der Waals surface area contributed by atoms with Crippen molar-refractivity contribution in [2.24, 2.45) is 0 Å². The predicted octanol–water partition coefficient (Wildman–Crippen LogP) is 3.59. The molecule has 1 aromatic rings. The molecule has 0 saturated heterocycles. The first-order chi connectivity index (χ1) is 8.13. The molecule has 1 N–H and O–H groups in total. The van der Waals surface area contributed by atoms with Gasteiger partial charge >= 0.3 is 0 Å². The molecule has 2 nitrogen and oxygen atoms in total. The molecule has 96 valence electrons.